The van der Waals surface area contributed by atoms with E-state index in [0.29, 0.717) is 18.8 Å². The van der Waals surface area contributed by atoms with Crippen molar-refractivity contribution in [3.05, 3.63) is 0 Å². The largest absolute Gasteiger partial charge is 0.333 e. The van der Waals surface area contributed by atoms with Crippen LogP contribution in [0.1, 0.15) is 53.4 Å². The third kappa shape index (κ3) is 4.04. The first-order valence-corrected chi connectivity index (χ1v) is 8.28. The molecule has 6 amide bonds. The molecule has 1 aliphatic heterocycles. The number of urea groups is 2. The third-order valence-electron chi connectivity index (χ3n) is 4.42. The van der Waals surface area contributed by atoms with Crippen molar-refractivity contribution >= 4 is 23.9 Å². The fourth-order valence-electron chi connectivity index (χ4n) is 3.10. The van der Waals surface area contributed by atoms with Gasteiger partial charge in [-0.15, -0.1) is 0 Å². The van der Waals surface area contributed by atoms with E-state index in [0.717, 1.165) is 17.7 Å². The first-order chi connectivity index (χ1) is 11.0. The Morgan fingerprint density at radius 1 is 1.25 bits per heavy atom. The first-order valence-electron chi connectivity index (χ1n) is 8.28. The van der Waals surface area contributed by atoms with Gasteiger partial charge in [0.15, 0.2) is 0 Å². The van der Waals surface area contributed by atoms with Crippen LogP contribution in [0, 0.1) is 5.92 Å². The lowest BCUT2D eigenvalue weighted by Gasteiger charge is -2.33. The molecule has 24 heavy (non-hydrogen) atoms. The highest BCUT2D eigenvalue weighted by molar-refractivity contribution is 6.10. The average Bonchev–Trinajstić information content (AvgIpc) is 2.65. The van der Waals surface area contributed by atoms with Crippen LogP contribution in [-0.4, -0.2) is 46.4 Å². The van der Waals surface area contributed by atoms with Gasteiger partial charge in [-0.3, -0.25) is 19.8 Å². The molecule has 1 saturated carbocycles. The molecule has 0 bridgehead atoms. The molecule has 2 aliphatic rings. The molecule has 8 nitrogen and oxygen atoms in total. The van der Waals surface area contributed by atoms with Gasteiger partial charge in [0.2, 0.25) is 5.91 Å². The fraction of sp³-hybridized carbons (Fsp3) is 0.750. The third-order valence-corrected chi connectivity index (χ3v) is 4.42. The predicted molar refractivity (Wildman–Crippen MR) is 87.0 cm³/mol. The summed E-state index contributed by atoms with van der Waals surface area (Å²) in [6.07, 6.45) is 2.89. The highest BCUT2D eigenvalue weighted by Gasteiger charge is 2.52. The van der Waals surface area contributed by atoms with Crippen molar-refractivity contribution in [2.45, 2.75) is 64.5 Å². The van der Waals surface area contributed by atoms with Gasteiger partial charge >= 0.3 is 12.1 Å². The number of hydrogen-bond donors (Lipinski definition) is 3. The highest BCUT2D eigenvalue weighted by Crippen LogP contribution is 2.36. The van der Waals surface area contributed by atoms with Crippen molar-refractivity contribution < 1.29 is 19.2 Å². The summed E-state index contributed by atoms with van der Waals surface area (Å²) in [4.78, 5) is 49.3. The Balaban J connectivity index is 1.95. The van der Waals surface area contributed by atoms with Gasteiger partial charge in [0.05, 0.1) is 0 Å². The zero-order valence-corrected chi connectivity index (χ0v) is 14.7. The van der Waals surface area contributed by atoms with Crippen molar-refractivity contribution in [3.8, 4) is 0 Å². The molecule has 0 unspecified atom stereocenters. The molecule has 134 valence electrons. The summed E-state index contributed by atoms with van der Waals surface area (Å²) in [5.74, 6) is -0.536. The van der Waals surface area contributed by atoms with Gasteiger partial charge < -0.3 is 10.6 Å². The van der Waals surface area contributed by atoms with E-state index in [1.165, 1.54) is 0 Å². The minimum atomic E-state index is -0.877. The van der Waals surface area contributed by atoms with Crippen molar-refractivity contribution in [1.29, 1.82) is 0 Å². The van der Waals surface area contributed by atoms with Crippen LogP contribution < -0.4 is 16.0 Å². The average molecular weight is 338 g/mol. The minimum Gasteiger partial charge on any atom is -0.333 e. The molecule has 0 atom stereocenters. The molecular weight excluding hydrogens is 312 g/mol. The summed E-state index contributed by atoms with van der Waals surface area (Å²) in [6, 6.07) is -1.22. The van der Waals surface area contributed by atoms with E-state index < -0.39 is 35.6 Å². The normalized spacial score (nSPS) is 27.2. The van der Waals surface area contributed by atoms with Gasteiger partial charge in [-0.1, -0.05) is 6.92 Å². The highest BCUT2D eigenvalue weighted by atomic mass is 16.2. The molecule has 1 saturated heterocycles. The lowest BCUT2D eigenvalue weighted by atomic mass is 9.77. The molecule has 1 heterocycles. The Labute approximate surface area is 141 Å². The number of amides is 6. The van der Waals surface area contributed by atoms with Crippen LogP contribution in [0.4, 0.5) is 9.59 Å². The van der Waals surface area contributed by atoms with Crippen LogP contribution in [-0.2, 0) is 9.59 Å². The van der Waals surface area contributed by atoms with E-state index in [9.17, 15) is 19.2 Å². The molecular formula is C16H26N4O4. The first kappa shape index (κ1) is 18.2. The van der Waals surface area contributed by atoms with Crippen LogP contribution in [0.25, 0.3) is 0 Å². The van der Waals surface area contributed by atoms with Crippen molar-refractivity contribution in [2.75, 3.05) is 6.54 Å². The Hall–Kier alpha value is -2.12. The van der Waals surface area contributed by atoms with Crippen LogP contribution in [0.5, 0.6) is 0 Å². The number of hydrogen-bond acceptors (Lipinski definition) is 4. The molecule has 1 spiro atoms. The van der Waals surface area contributed by atoms with E-state index >= 15 is 0 Å². The molecule has 0 aromatic rings. The van der Waals surface area contributed by atoms with Gasteiger partial charge in [-0.25, -0.2) is 9.59 Å². The molecule has 0 radical (unpaired) electrons. The second-order valence-electron chi connectivity index (χ2n) is 7.84. The Kier molecular flexibility index (Phi) is 4.87. The Bertz CT molecular complexity index is 559. The number of carbonyl (C=O) groups excluding carboxylic acids is 4. The van der Waals surface area contributed by atoms with Crippen LogP contribution in [0.15, 0.2) is 0 Å². The summed E-state index contributed by atoms with van der Waals surface area (Å²) >= 11 is 0. The number of nitrogens with one attached hydrogen (secondary N) is 3. The zero-order valence-electron chi connectivity index (χ0n) is 14.7. The second-order valence-corrected chi connectivity index (χ2v) is 7.84. The standard InChI is InChI=1S/C16H26N4O4/c1-10-5-7-16(8-6-10)12(22)20(14(24)19-16)9-11(21)17-13(23)18-15(2,3)4/h10H,5-9H2,1-4H3,(H,19,24)(H2,17,18,21,23). The van der Waals surface area contributed by atoms with Gasteiger partial charge in [-0.05, 0) is 52.4 Å². The lowest BCUT2D eigenvalue weighted by molar-refractivity contribution is -0.135. The number of rotatable bonds is 2. The predicted octanol–water partition coefficient (Wildman–Crippen LogP) is 1.11. The monoisotopic (exact) mass is 338 g/mol. The Morgan fingerprint density at radius 2 is 1.83 bits per heavy atom. The molecule has 8 heteroatoms. The molecule has 1 aliphatic carbocycles. The van der Waals surface area contributed by atoms with Gasteiger partial charge in [0.25, 0.3) is 5.91 Å². The zero-order chi connectivity index (χ0) is 18.1. The maximum Gasteiger partial charge on any atom is 0.325 e. The van der Waals surface area contributed by atoms with Gasteiger partial charge in [-0.2, -0.15) is 0 Å². The van der Waals surface area contributed by atoms with Crippen molar-refractivity contribution in [2.24, 2.45) is 5.92 Å². The topological polar surface area (TPSA) is 108 Å². The summed E-state index contributed by atoms with van der Waals surface area (Å²) in [5, 5.41) is 7.47. The van der Waals surface area contributed by atoms with E-state index in [2.05, 4.69) is 22.9 Å². The molecule has 0 aromatic heterocycles. The lowest BCUT2D eigenvalue weighted by Crippen LogP contribution is -2.52. The van der Waals surface area contributed by atoms with E-state index in [-0.39, 0.29) is 5.91 Å². The van der Waals surface area contributed by atoms with E-state index in [1.807, 2.05) is 0 Å². The Morgan fingerprint density at radius 3 is 2.38 bits per heavy atom. The van der Waals surface area contributed by atoms with Gasteiger partial charge in [0.1, 0.15) is 12.1 Å². The molecule has 3 N–H and O–H groups in total. The van der Waals surface area contributed by atoms with E-state index in [1.54, 1.807) is 20.8 Å². The number of carbonyl (C=O) groups is 4. The number of nitrogens with zero attached hydrogens (tertiary/aromatic N) is 1. The minimum absolute atomic E-state index is 0.370. The molecule has 2 fully saturated rings. The molecule has 2 rings (SSSR count). The fourth-order valence-corrected chi connectivity index (χ4v) is 3.10. The van der Waals surface area contributed by atoms with Crippen molar-refractivity contribution in [3.63, 3.8) is 0 Å². The molecule has 0 aromatic carbocycles. The maximum absolute atomic E-state index is 12.6. The SMILES string of the molecule is CC1CCC2(CC1)NC(=O)N(CC(=O)NC(=O)NC(C)(C)C)C2=O. The number of imide groups is 2. The quantitative estimate of drug-likeness (QED) is 0.656. The summed E-state index contributed by atoms with van der Waals surface area (Å²) in [7, 11) is 0. The maximum atomic E-state index is 12.6. The smallest absolute Gasteiger partial charge is 0.325 e. The van der Waals surface area contributed by atoms with Crippen molar-refractivity contribution in [1.82, 2.24) is 20.9 Å². The van der Waals surface area contributed by atoms with Crippen LogP contribution >= 0.6 is 0 Å². The van der Waals surface area contributed by atoms with E-state index in [4.69, 9.17) is 0 Å². The van der Waals surface area contributed by atoms with Crippen LogP contribution in [0.2, 0.25) is 0 Å². The van der Waals surface area contributed by atoms with Gasteiger partial charge in [0, 0.05) is 5.54 Å². The summed E-state index contributed by atoms with van der Waals surface area (Å²) in [6.45, 7) is 7.00. The van der Waals surface area contributed by atoms with Crippen LogP contribution in [0.3, 0.4) is 0 Å². The summed E-state index contributed by atoms with van der Waals surface area (Å²) < 4.78 is 0. The second kappa shape index (κ2) is 6.41. The summed E-state index contributed by atoms with van der Waals surface area (Å²) in [5.41, 5.74) is -1.37.